The van der Waals surface area contributed by atoms with E-state index in [1.165, 1.54) is 0 Å². The number of hydrogen-bond acceptors (Lipinski definition) is 6. The van der Waals surface area contributed by atoms with Crippen molar-refractivity contribution in [3.63, 3.8) is 0 Å². The summed E-state index contributed by atoms with van der Waals surface area (Å²) in [5, 5.41) is 5.59. The summed E-state index contributed by atoms with van der Waals surface area (Å²) in [6.45, 7) is 6.70. The first-order valence-electron chi connectivity index (χ1n) is 13.5. The molecule has 0 saturated carbocycles. The number of aromatic nitrogens is 2. The van der Waals surface area contributed by atoms with Gasteiger partial charge in [-0.05, 0) is 74.2 Å². The molecule has 9 heteroatoms. The Morgan fingerprint density at radius 1 is 1.07 bits per heavy atom. The molecule has 0 aliphatic carbocycles. The van der Waals surface area contributed by atoms with Crippen LogP contribution in [0.15, 0.2) is 73.1 Å². The summed E-state index contributed by atoms with van der Waals surface area (Å²) in [7, 11) is 0. The molecular weight excluding hydrogens is 506 g/mol. The fraction of sp³-hybridized carbons (Fsp3) is 0.290. The second kappa shape index (κ2) is 11.7. The van der Waals surface area contributed by atoms with Gasteiger partial charge in [0.1, 0.15) is 5.65 Å². The zero-order valence-electron chi connectivity index (χ0n) is 22.7. The van der Waals surface area contributed by atoms with Crippen molar-refractivity contribution in [2.24, 2.45) is 5.41 Å². The Morgan fingerprint density at radius 3 is 2.67 bits per heavy atom. The number of nitrogens with zero attached hydrogens (tertiary/aromatic N) is 3. The number of likely N-dealkylation sites (tertiary alicyclic amines) is 1. The molecule has 4 aromatic rings. The van der Waals surface area contributed by atoms with Crippen LogP contribution in [-0.4, -0.2) is 52.4 Å². The fourth-order valence-corrected chi connectivity index (χ4v) is 5.36. The van der Waals surface area contributed by atoms with Crippen LogP contribution in [-0.2, 0) is 20.9 Å². The number of benzene rings is 2. The number of pyridine rings is 1. The van der Waals surface area contributed by atoms with E-state index < -0.39 is 11.4 Å². The van der Waals surface area contributed by atoms with Crippen LogP contribution < -0.4 is 10.6 Å². The van der Waals surface area contributed by atoms with Crippen LogP contribution in [0.2, 0.25) is 0 Å². The van der Waals surface area contributed by atoms with E-state index in [-0.39, 0.29) is 12.5 Å². The second-order valence-corrected chi connectivity index (χ2v) is 10.4. The molecule has 5 rings (SSSR count). The first-order chi connectivity index (χ1) is 19.4. The third-order valence-corrected chi connectivity index (χ3v) is 7.38. The summed E-state index contributed by atoms with van der Waals surface area (Å²) in [4.78, 5) is 41.7. The van der Waals surface area contributed by atoms with Crippen LogP contribution in [0.25, 0.3) is 28.0 Å². The molecule has 2 N–H and O–H groups in total. The highest BCUT2D eigenvalue weighted by Crippen LogP contribution is 2.32. The maximum atomic E-state index is 12.3. The number of imidazole rings is 1. The number of esters is 1. The van der Waals surface area contributed by atoms with Gasteiger partial charge in [0, 0.05) is 37.1 Å². The van der Waals surface area contributed by atoms with Crippen LogP contribution in [0.1, 0.15) is 32.3 Å². The van der Waals surface area contributed by atoms with Crippen molar-refractivity contribution in [1.82, 2.24) is 19.6 Å². The highest BCUT2D eigenvalue weighted by molar-refractivity contribution is 5.90. The topological polar surface area (TPSA) is 105 Å². The fourth-order valence-electron chi connectivity index (χ4n) is 5.36. The largest absolute Gasteiger partial charge is 0.395 e. The lowest BCUT2D eigenvalue weighted by molar-refractivity contribution is -0.162. The third-order valence-electron chi connectivity index (χ3n) is 7.38. The van der Waals surface area contributed by atoms with E-state index in [9.17, 15) is 14.4 Å². The minimum Gasteiger partial charge on any atom is -0.395 e. The molecule has 1 fully saturated rings. The highest BCUT2D eigenvalue weighted by Gasteiger charge is 2.39. The second-order valence-electron chi connectivity index (χ2n) is 10.4. The minimum absolute atomic E-state index is 0.221. The van der Waals surface area contributed by atoms with Crippen molar-refractivity contribution in [2.45, 2.75) is 33.2 Å². The Balaban J connectivity index is 1.29. The number of fused-ring (bicyclic) bond motifs is 1. The number of anilines is 1. The molecule has 1 unspecified atom stereocenters. The molecule has 2 amide bonds. The molecule has 1 aliphatic rings. The van der Waals surface area contributed by atoms with Gasteiger partial charge in [-0.3, -0.25) is 18.9 Å². The smallest absolute Gasteiger partial charge is 0.320 e. The number of carbonyl (C=O) groups excluding carboxylic acids is 3. The number of urea groups is 1. The lowest BCUT2D eigenvalue weighted by Gasteiger charge is -2.38. The van der Waals surface area contributed by atoms with Crippen molar-refractivity contribution < 1.29 is 19.1 Å². The molecule has 1 aliphatic heterocycles. The molecule has 1 atom stereocenters. The highest BCUT2D eigenvalue weighted by atomic mass is 16.6. The monoisotopic (exact) mass is 539 g/mol. The molecule has 2 aromatic heterocycles. The summed E-state index contributed by atoms with van der Waals surface area (Å²) in [6.07, 6.45) is 5.44. The molecule has 3 heterocycles. The van der Waals surface area contributed by atoms with E-state index in [4.69, 9.17) is 0 Å². The van der Waals surface area contributed by atoms with Gasteiger partial charge in [-0.25, -0.2) is 9.78 Å². The maximum absolute atomic E-state index is 12.3. The summed E-state index contributed by atoms with van der Waals surface area (Å²) in [6, 6.07) is 20.0. The number of amides is 2. The molecule has 0 bridgehead atoms. The SMILES string of the molecule is CCNC(=O)Nc1cccc(-c2cnc3cc(-c4ccc(CN5CCCC(C)(C(=O)OC=O)C5)cc4)ccn23)c1. The first-order valence-corrected chi connectivity index (χ1v) is 13.5. The van der Waals surface area contributed by atoms with Crippen molar-refractivity contribution in [3.8, 4) is 22.4 Å². The molecule has 9 nitrogen and oxygen atoms in total. The molecule has 1 saturated heterocycles. The number of rotatable bonds is 8. The van der Waals surface area contributed by atoms with Crippen LogP contribution in [0.4, 0.5) is 10.5 Å². The number of hydrogen-bond donors (Lipinski definition) is 2. The van der Waals surface area contributed by atoms with Crippen LogP contribution in [0.5, 0.6) is 0 Å². The average molecular weight is 540 g/mol. The van der Waals surface area contributed by atoms with Gasteiger partial charge in [-0.2, -0.15) is 0 Å². The van der Waals surface area contributed by atoms with Gasteiger partial charge in [0.2, 0.25) is 0 Å². The van der Waals surface area contributed by atoms with Gasteiger partial charge in [-0.15, -0.1) is 0 Å². The quantitative estimate of drug-likeness (QED) is 0.183. The van der Waals surface area contributed by atoms with E-state index in [0.29, 0.717) is 25.2 Å². The molecule has 206 valence electrons. The first kappa shape index (κ1) is 27.1. The molecular formula is C31H33N5O4. The zero-order valence-corrected chi connectivity index (χ0v) is 22.7. The Bertz CT molecular complexity index is 1530. The molecule has 0 radical (unpaired) electrons. The van der Waals surface area contributed by atoms with Crippen molar-refractivity contribution >= 4 is 29.8 Å². The number of piperidine rings is 1. The minimum atomic E-state index is -0.668. The standard InChI is InChI=1S/C31H33N5O4/c1-3-32-30(39)34-26-7-4-6-25(16-26)27-18-33-28-17-24(12-15-36(27)28)23-10-8-22(9-11-23)19-35-14-5-13-31(2,20-35)29(38)40-21-37/h4,6-12,15-18,21H,3,5,13-14,19-20H2,1-2H3,(H2,32,34,39). The lowest BCUT2D eigenvalue weighted by Crippen LogP contribution is -2.46. The van der Waals surface area contributed by atoms with Crippen molar-refractivity contribution in [2.75, 3.05) is 25.0 Å². The van der Waals surface area contributed by atoms with Gasteiger partial charge in [0.25, 0.3) is 0 Å². The molecule has 2 aromatic carbocycles. The summed E-state index contributed by atoms with van der Waals surface area (Å²) < 4.78 is 6.70. The van der Waals surface area contributed by atoms with Crippen LogP contribution in [0.3, 0.4) is 0 Å². The summed E-state index contributed by atoms with van der Waals surface area (Å²) in [5.74, 6) is -0.455. The van der Waals surface area contributed by atoms with Gasteiger partial charge in [0.15, 0.2) is 0 Å². The van der Waals surface area contributed by atoms with E-state index >= 15 is 0 Å². The zero-order chi connectivity index (χ0) is 28.1. The average Bonchev–Trinajstić information content (AvgIpc) is 3.37. The van der Waals surface area contributed by atoms with Gasteiger partial charge in [-0.1, -0.05) is 36.4 Å². The Morgan fingerprint density at radius 2 is 1.90 bits per heavy atom. The predicted molar refractivity (Wildman–Crippen MR) is 154 cm³/mol. The van der Waals surface area contributed by atoms with Gasteiger partial charge < -0.3 is 15.4 Å². The van der Waals surface area contributed by atoms with Crippen LogP contribution >= 0.6 is 0 Å². The van der Waals surface area contributed by atoms with E-state index in [2.05, 4.69) is 61.7 Å². The van der Waals surface area contributed by atoms with Gasteiger partial charge in [0.05, 0.1) is 17.3 Å². The lowest BCUT2D eigenvalue weighted by atomic mass is 9.82. The van der Waals surface area contributed by atoms with Crippen molar-refractivity contribution in [3.05, 3.63) is 78.6 Å². The Hall–Kier alpha value is -4.50. The Kier molecular flexibility index (Phi) is 7.93. The third kappa shape index (κ3) is 5.89. The number of carbonyl (C=O) groups is 3. The van der Waals surface area contributed by atoms with E-state index in [1.807, 2.05) is 54.9 Å². The maximum Gasteiger partial charge on any atom is 0.320 e. The Labute approximate surface area is 233 Å². The van der Waals surface area contributed by atoms with E-state index in [0.717, 1.165) is 53.1 Å². The summed E-state index contributed by atoms with van der Waals surface area (Å²) in [5.41, 5.74) is 6.06. The molecule has 40 heavy (non-hydrogen) atoms. The number of ether oxygens (including phenoxy) is 1. The van der Waals surface area contributed by atoms with Crippen LogP contribution in [0, 0.1) is 5.41 Å². The van der Waals surface area contributed by atoms with E-state index in [1.54, 1.807) is 0 Å². The number of nitrogens with one attached hydrogen (secondary N) is 2. The summed E-state index contributed by atoms with van der Waals surface area (Å²) >= 11 is 0. The normalized spacial score (nSPS) is 17.4. The predicted octanol–water partition coefficient (Wildman–Crippen LogP) is 5.11. The van der Waals surface area contributed by atoms with Gasteiger partial charge >= 0.3 is 18.5 Å². The molecule has 0 spiro atoms. The van der Waals surface area contributed by atoms with Crippen molar-refractivity contribution in [1.29, 1.82) is 0 Å².